The third-order valence-corrected chi connectivity index (χ3v) is 4.61. The molecule has 0 unspecified atom stereocenters. The molecule has 0 aliphatic carbocycles. The molecule has 1 saturated heterocycles. The Morgan fingerprint density at radius 1 is 1.39 bits per heavy atom. The Balaban J connectivity index is 1.71. The Bertz CT molecular complexity index is 452. The molecule has 0 atom stereocenters. The third kappa shape index (κ3) is 2.30. The van der Waals surface area contributed by atoms with E-state index in [0.717, 1.165) is 37.2 Å². The monoisotopic (exact) mass is 309 g/mol. The molecule has 0 amide bonds. The lowest BCUT2D eigenvalue weighted by Gasteiger charge is -2.41. The molecule has 2 aliphatic rings. The number of likely N-dealkylation sites (tertiary alicyclic amines) is 1. The van der Waals surface area contributed by atoms with E-state index in [1.807, 2.05) is 0 Å². The molecule has 3 rings (SSSR count). The lowest BCUT2D eigenvalue weighted by Crippen LogP contribution is -2.48. The van der Waals surface area contributed by atoms with Gasteiger partial charge in [-0.15, -0.1) is 0 Å². The van der Waals surface area contributed by atoms with Crippen molar-refractivity contribution in [1.82, 2.24) is 4.90 Å². The average molecular weight is 310 g/mol. The highest BCUT2D eigenvalue weighted by molar-refractivity contribution is 9.10. The summed E-state index contributed by atoms with van der Waals surface area (Å²) < 4.78 is 6.96. The summed E-state index contributed by atoms with van der Waals surface area (Å²) in [4.78, 5) is 2.52. The first-order chi connectivity index (χ1) is 8.63. The predicted octanol–water partition coefficient (Wildman–Crippen LogP) is 3.47. The molecule has 0 saturated carbocycles. The summed E-state index contributed by atoms with van der Waals surface area (Å²) in [6, 6.07) is 4.41. The molecule has 0 N–H and O–H groups in total. The van der Waals surface area contributed by atoms with Gasteiger partial charge >= 0.3 is 0 Å². The molecule has 1 aromatic carbocycles. The summed E-state index contributed by atoms with van der Waals surface area (Å²) in [5.41, 5.74) is 2.71. The number of nitrogens with zero attached hydrogens (tertiary/aromatic N) is 1. The number of fused-ring (bicyclic) bond motifs is 1. The van der Waals surface area contributed by atoms with Gasteiger partial charge in [0.05, 0.1) is 6.61 Å². The van der Waals surface area contributed by atoms with Gasteiger partial charge in [0.1, 0.15) is 5.75 Å². The van der Waals surface area contributed by atoms with Crippen LogP contribution in [0.2, 0.25) is 0 Å². The fourth-order valence-corrected chi connectivity index (χ4v) is 3.42. The second kappa shape index (κ2) is 4.86. The van der Waals surface area contributed by atoms with Gasteiger partial charge in [-0.3, -0.25) is 4.90 Å². The van der Waals surface area contributed by atoms with Crippen LogP contribution in [0.3, 0.4) is 0 Å². The Morgan fingerprint density at radius 3 is 2.89 bits per heavy atom. The molecule has 0 bridgehead atoms. The van der Waals surface area contributed by atoms with E-state index in [1.165, 1.54) is 28.7 Å². The van der Waals surface area contributed by atoms with E-state index in [-0.39, 0.29) is 0 Å². The van der Waals surface area contributed by atoms with Crippen LogP contribution in [0.4, 0.5) is 0 Å². The zero-order valence-corrected chi connectivity index (χ0v) is 12.7. The summed E-state index contributed by atoms with van der Waals surface area (Å²) in [6.45, 7) is 8.99. The summed E-state index contributed by atoms with van der Waals surface area (Å²) in [6.07, 6.45) is 1.05. The number of halogens is 1. The topological polar surface area (TPSA) is 12.5 Å². The Kier molecular flexibility index (Phi) is 3.37. The molecule has 1 fully saturated rings. The van der Waals surface area contributed by atoms with E-state index in [4.69, 9.17) is 4.74 Å². The minimum Gasteiger partial charge on any atom is -0.493 e. The fourth-order valence-electron chi connectivity index (χ4n) is 2.86. The summed E-state index contributed by atoms with van der Waals surface area (Å²) in [5.74, 6) is 2.84. The summed E-state index contributed by atoms with van der Waals surface area (Å²) >= 11 is 3.61. The van der Waals surface area contributed by atoms with Crippen molar-refractivity contribution in [3.05, 3.63) is 27.7 Å². The standard InChI is InChI=1S/C15H20BrNO/c1-10(2)13-8-17(9-13)7-12-6-14(16)5-11-3-4-18-15(11)12/h5-6,10,13H,3-4,7-9H2,1-2H3. The first kappa shape index (κ1) is 12.5. The average Bonchev–Trinajstić information content (AvgIpc) is 2.69. The quantitative estimate of drug-likeness (QED) is 0.847. The minimum atomic E-state index is 0.811. The summed E-state index contributed by atoms with van der Waals surface area (Å²) in [5, 5.41) is 0. The Morgan fingerprint density at radius 2 is 2.17 bits per heavy atom. The predicted molar refractivity (Wildman–Crippen MR) is 76.9 cm³/mol. The van der Waals surface area contributed by atoms with Crippen LogP contribution in [0.5, 0.6) is 5.75 Å². The minimum absolute atomic E-state index is 0.811. The van der Waals surface area contributed by atoms with Crippen molar-refractivity contribution in [2.24, 2.45) is 11.8 Å². The maximum atomic E-state index is 5.78. The van der Waals surface area contributed by atoms with Gasteiger partial charge in [0.2, 0.25) is 0 Å². The van der Waals surface area contributed by atoms with E-state index in [0.29, 0.717) is 0 Å². The van der Waals surface area contributed by atoms with E-state index in [9.17, 15) is 0 Å². The number of ether oxygens (including phenoxy) is 1. The number of benzene rings is 1. The largest absolute Gasteiger partial charge is 0.493 e. The van der Waals surface area contributed by atoms with E-state index < -0.39 is 0 Å². The van der Waals surface area contributed by atoms with Gasteiger partial charge in [0.25, 0.3) is 0 Å². The molecule has 2 aliphatic heterocycles. The molecule has 2 heterocycles. The molecule has 18 heavy (non-hydrogen) atoms. The van der Waals surface area contributed by atoms with E-state index in [2.05, 4.69) is 46.8 Å². The van der Waals surface area contributed by atoms with Crippen molar-refractivity contribution in [3.63, 3.8) is 0 Å². The molecule has 3 heteroatoms. The molecule has 2 nitrogen and oxygen atoms in total. The van der Waals surface area contributed by atoms with Gasteiger partial charge in [-0.1, -0.05) is 29.8 Å². The van der Waals surface area contributed by atoms with Crippen molar-refractivity contribution in [1.29, 1.82) is 0 Å². The lowest BCUT2D eigenvalue weighted by molar-refractivity contribution is 0.0607. The van der Waals surface area contributed by atoms with Gasteiger partial charge in [0.15, 0.2) is 0 Å². The van der Waals surface area contributed by atoms with Crippen LogP contribution in [0.1, 0.15) is 25.0 Å². The van der Waals surface area contributed by atoms with Gasteiger partial charge in [-0.25, -0.2) is 0 Å². The lowest BCUT2D eigenvalue weighted by atomic mass is 9.88. The van der Waals surface area contributed by atoms with Crippen molar-refractivity contribution < 1.29 is 4.74 Å². The highest BCUT2D eigenvalue weighted by atomic mass is 79.9. The van der Waals surface area contributed by atoms with Crippen molar-refractivity contribution in [2.75, 3.05) is 19.7 Å². The summed E-state index contributed by atoms with van der Waals surface area (Å²) in [7, 11) is 0. The second-order valence-electron chi connectivity index (χ2n) is 5.85. The van der Waals surface area contributed by atoms with Gasteiger partial charge in [-0.2, -0.15) is 0 Å². The fraction of sp³-hybridized carbons (Fsp3) is 0.600. The van der Waals surface area contributed by atoms with Crippen LogP contribution in [0.15, 0.2) is 16.6 Å². The van der Waals surface area contributed by atoms with Crippen LogP contribution in [0.25, 0.3) is 0 Å². The van der Waals surface area contributed by atoms with Crippen LogP contribution in [0, 0.1) is 11.8 Å². The molecule has 98 valence electrons. The Labute approximate surface area is 117 Å². The highest BCUT2D eigenvalue weighted by Gasteiger charge is 2.30. The maximum absolute atomic E-state index is 5.78. The van der Waals surface area contributed by atoms with E-state index in [1.54, 1.807) is 0 Å². The molecule has 0 spiro atoms. The SMILES string of the molecule is CC(C)C1CN(Cc2cc(Br)cc3c2OCC3)C1. The van der Waals surface area contributed by atoms with Crippen molar-refractivity contribution in [2.45, 2.75) is 26.8 Å². The van der Waals surface area contributed by atoms with Crippen LogP contribution in [-0.4, -0.2) is 24.6 Å². The van der Waals surface area contributed by atoms with Crippen LogP contribution < -0.4 is 4.74 Å². The normalized spacial score (nSPS) is 19.8. The second-order valence-corrected chi connectivity index (χ2v) is 6.77. The highest BCUT2D eigenvalue weighted by Crippen LogP contribution is 2.35. The molecule has 0 aromatic heterocycles. The third-order valence-electron chi connectivity index (χ3n) is 4.15. The van der Waals surface area contributed by atoms with Gasteiger partial charge in [0, 0.05) is 36.1 Å². The first-order valence-corrected chi connectivity index (χ1v) is 7.59. The number of rotatable bonds is 3. The Hall–Kier alpha value is -0.540. The molecule has 1 aromatic rings. The molecular formula is C15H20BrNO. The number of hydrogen-bond donors (Lipinski definition) is 0. The van der Waals surface area contributed by atoms with Crippen LogP contribution >= 0.6 is 15.9 Å². The van der Waals surface area contributed by atoms with Gasteiger partial charge < -0.3 is 4.74 Å². The van der Waals surface area contributed by atoms with Crippen LogP contribution in [-0.2, 0) is 13.0 Å². The van der Waals surface area contributed by atoms with Crippen molar-refractivity contribution >= 4 is 15.9 Å². The van der Waals surface area contributed by atoms with E-state index >= 15 is 0 Å². The smallest absolute Gasteiger partial charge is 0.127 e. The number of hydrogen-bond acceptors (Lipinski definition) is 2. The maximum Gasteiger partial charge on any atom is 0.127 e. The zero-order valence-electron chi connectivity index (χ0n) is 11.1. The first-order valence-electron chi connectivity index (χ1n) is 6.80. The van der Waals surface area contributed by atoms with Crippen molar-refractivity contribution in [3.8, 4) is 5.75 Å². The van der Waals surface area contributed by atoms with Gasteiger partial charge in [-0.05, 0) is 29.5 Å². The molecular weight excluding hydrogens is 290 g/mol. The zero-order chi connectivity index (χ0) is 12.7. The molecule has 0 radical (unpaired) electrons.